The molecule has 2 aromatic rings. The average molecular weight is 395 g/mol. The molecule has 10 heteroatoms. The first-order valence-electron chi connectivity index (χ1n) is 5.90. The molecule has 0 atom stereocenters. The summed E-state index contributed by atoms with van der Waals surface area (Å²) >= 11 is 23.5. The minimum atomic E-state index is -0.751. The fourth-order valence-corrected chi connectivity index (χ4v) is 2.78. The van der Waals surface area contributed by atoms with Crippen LogP contribution in [-0.4, -0.2) is 16.2 Å². The number of phenolic OH excluding ortho intramolecular Hbond substituents is 1. The molecule has 0 unspecified atom stereocenters. The molecule has 0 aliphatic heterocycles. The van der Waals surface area contributed by atoms with E-state index in [2.05, 4.69) is 10.5 Å². The van der Waals surface area contributed by atoms with Gasteiger partial charge in [-0.3, -0.25) is 15.5 Å². The molecule has 0 saturated carbocycles. The molecule has 0 aliphatic rings. The molecule has 120 valence electrons. The van der Waals surface area contributed by atoms with Crippen LogP contribution >= 0.6 is 46.4 Å². The number of aromatic hydroxyl groups is 1. The number of nitrogens with zero attached hydrogens (tertiary/aromatic N) is 2. The summed E-state index contributed by atoms with van der Waals surface area (Å²) in [6, 6.07) is 5.29. The number of nitrogens with one attached hydrogen (secondary N) is 1. The Morgan fingerprint density at radius 2 is 1.65 bits per heavy atom. The molecule has 0 aliphatic carbocycles. The van der Waals surface area contributed by atoms with Gasteiger partial charge in [-0.2, -0.15) is 5.10 Å². The van der Waals surface area contributed by atoms with Gasteiger partial charge in [-0.25, -0.2) is 0 Å². The van der Waals surface area contributed by atoms with Crippen molar-refractivity contribution in [1.82, 2.24) is 0 Å². The van der Waals surface area contributed by atoms with Crippen LogP contribution < -0.4 is 5.43 Å². The second-order valence-corrected chi connectivity index (χ2v) is 5.92. The van der Waals surface area contributed by atoms with E-state index in [-0.39, 0.29) is 20.6 Å². The van der Waals surface area contributed by atoms with Crippen LogP contribution in [0.1, 0.15) is 5.56 Å². The number of phenols is 1. The summed E-state index contributed by atoms with van der Waals surface area (Å²) in [7, 11) is 0. The Morgan fingerprint density at radius 3 is 2.22 bits per heavy atom. The van der Waals surface area contributed by atoms with Gasteiger partial charge in [0.05, 0.1) is 26.9 Å². The fourth-order valence-electron chi connectivity index (χ4n) is 1.66. The van der Waals surface area contributed by atoms with Crippen LogP contribution in [0.4, 0.5) is 11.4 Å². The molecule has 0 amide bonds. The molecule has 0 aromatic heterocycles. The Kier molecular flexibility index (Phi) is 5.54. The highest BCUT2D eigenvalue weighted by atomic mass is 35.5. The van der Waals surface area contributed by atoms with E-state index in [1.165, 1.54) is 18.2 Å². The summed E-state index contributed by atoms with van der Waals surface area (Å²) in [5.74, 6) is -0.557. The number of hydrazone groups is 1. The molecule has 23 heavy (non-hydrogen) atoms. The maximum absolute atomic E-state index is 10.8. The third-order valence-corrected chi connectivity index (χ3v) is 3.70. The van der Waals surface area contributed by atoms with Crippen LogP contribution in [0, 0.1) is 10.1 Å². The van der Waals surface area contributed by atoms with Crippen LogP contribution in [-0.2, 0) is 0 Å². The number of rotatable bonds is 4. The maximum atomic E-state index is 10.8. The topological polar surface area (TPSA) is 87.8 Å². The van der Waals surface area contributed by atoms with E-state index in [4.69, 9.17) is 46.4 Å². The number of hydrogen-bond acceptors (Lipinski definition) is 5. The third kappa shape index (κ3) is 4.17. The van der Waals surface area contributed by atoms with Gasteiger partial charge in [0.15, 0.2) is 0 Å². The second-order valence-electron chi connectivity index (χ2n) is 4.23. The van der Waals surface area contributed by atoms with Gasteiger partial charge in [-0.05, 0) is 18.2 Å². The van der Waals surface area contributed by atoms with Crippen molar-refractivity contribution in [3.63, 3.8) is 0 Å². The van der Waals surface area contributed by atoms with Crippen LogP contribution in [0.2, 0.25) is 20.1 Å². The first-order valence-corrected chi connectivity index (χ1v) is 7.41. The zero-order chi connectivity index (χ0) is 17.1. The van der Waals surface area contributed by atoms with Crippen LogP contribution in [0.15, 0.2) is 29.4 Å². The number of nitro benzene ring substituents is 1. The molecular formula is C13H7Cl4N3O3. The lowest BCUT2D eigenvalue weighted by Crippen LogP contribution is -1.95. The van der Waals surface area contributed by atoms with Gasteiger partial charge < -0.3 is 5.11 Å². The zero-order valence-corrected chi connectivity index (χ0v) is 14.1. The Labute approximate surface area is 150 Å². The molecule has 0 bridgehead atoms. The highest BCUT2D eigenvalue weighted by Crippen LogP contribution is 2.34. The molecular weight excluding hydrogens is 388 g/mol. The molecule has 0 heterocycles. The molecule has 0 fully saturated rings. The van der Waals surface area contributed by atoms with E-state index in [1.807, 2.05) is 0 Å². The largest absolute Gasteiger partial charge is 0.502 e. The Bertz CT molecular complexity index is 788. The van der Waals surface area contributed by atoms with Gasteiger partial charge in [-0.15, -0.1) is 0 Å². The van der Waals surface area contributed by atoms with Gasteiger partial charge in [-0.1, -0.05) is 46.4 Å². The van der Waals surface area contributed by atoms with E-state index in [0.29, 0.717) is 10.7 Å². The lowest BCUT2D eigenvalue weighted by Gasteiger charge is -2.07. The van der Waals surface area contributed by atoms with Crippen LogP contribution in [0.5, 0.6) is 5.75 Å². The molecule has 0 radical (unpaired) electrons. The number of nitro groups is 1. The monoisotopic (exact) mass is 393 g/mol. The van der Waals surface area contributed by atoms with Crippen molar-refractivity contribution in [3.8, 4) is 5.75 Å². The molecule has 6 nitrogen and oxygen atoms in total. The molecule has 2 N–H and O–H groups in total. The van der Waals surface area contributed by atoms with Crippen LogP contribution in [0.3, 0.4) is 0 Å². The van der Waals surface area contributed by atoms with E-state index in [9.17, 15) is 15.2 Å². The van der Waals surface area contributed by atoms with E-state index in [0.717, 1.165) is 12.3 Å². The first-order chi connectivity index (χ1) is 10.8. The SMILES string of the molecule is O=[N+]([O-])c1cc(Cl)cc(C=NNc2c(Cl)cc(Cl)cc2Cl)c1O. The van der Waals surface area contributed by atoms with E-state index < -0.39 is 16.4 Å². The molecule has 0 spiro atoms. The van der Waals surface area contributed by atoms with Crippen molar-refractivity contribution in [2.45, 2.75) is 0 Å². The van der Waals surface area contributed by atoms with Gasteiger partial charge >= 0.3 is 5.69 Å². The Hall–Kier alpha value is -1.73. The van der Waals surface area contributed by atoms with Crippen molar-refractivity contribution < 1.29 is 10.0 Å². The smallest absolute Gasteiger partial charge is 0.312 e. The average Bonchev–Trinajstić information content (AvgIpc) is 2.44. The van der Waals surface area contributed by atoms with Gasteiger partial charge in [0.1, 0.15) is 0 Å². The Balaban J connectivity index is 2.30. The molecule has 2 aromatic carbocycles. The lowest BCUT2D eigenvalue weighted by atomic mass is 10.2. The summed E-state index contributed by atoms with van der Waals surface area (Å²) in [5.41, 5.74) is 2.40. The van der Waals surface area contributed by atoms with Gasteiger partial charge in [0.2, 0.25) is 5.75 Å². The minimum Gasteiger partial charge on any atom is -0.502 e. The van der Waals surface area contributed by atoms with Crippen molar-refractivity contribution in [1.29, 1.82) is 0 Å². The Morgan fingerprint density at radius 1 is 1.09 bits per heavy atom. The normalized spacial score (nSPS) is 11.0. The molecule has 2 rings (SSSR count). The van der Waals surface area contributed by atoms with Crippen molar-refractivity contribution in [2.24, 2.45) is 5.10 Å². The number of halogens is 4. The van der Waals surface area contributed by atoms with E-state index >= 15 is 0 Å². The molecule has 0 saturated heterocycles. The summed E-state index contributed by atoms with van der Waals surface area (Å²) in [6.07, 6.45) is 1.15. The summed E-state index contributed by atoms with van der Waals surface area (Å²) in [4.78, 5) is 10.1. The third-order valence-electron chi connectivity index (χ3n) is 2.67. The quantitative estimate of drug-likeness (QED) is 0.415. The first kappa shape index (κ1) is 17.6. The fraction of sp³-hybridized carbons (Fsp3) is 0. The minimum absolute atomic E-state index is 0.0536. The zero-order valence-electron chi connectivity index (χ0n) is 11.1. The highest BCUT2D eigenvalue weighted by molar-refractivity contribution is 6.41. The highest BCUT2D eigenvalue weighted by Gasteiger charge is 2.17. The summed E-state index contributed by atoms with van der Waals surface area (Å²) < 4.78 is 0. The van der Waals surface area contributed by atoms with Crippen molar-refractivity contribution in [3.05, 3.63) is 60.0 Å². The number of hydrogen-bond donors (Lipinski definition) is 2. The lowest BCUT2D eigenvalue weighted by molar-refractivity contribution is -0.385. The van der Waals surface area contributed by atoms with E-state index in [1.54, 1.807) is 0 Å². The maximum Gasteiger partial charge on any atom is 0.312 e. The van der Waals surface area contributed by atoms with Crippen LogP contribution in [0.25, 0.3) is 0 Å². The van der Waals surface area contributed by atoms with Gasteiger partial charge in [0, 0.05) is 21.7 Å². The summed E-state index contributed by atoms with van der Waals surface area (Å²) in [5, 5.41) is 25.4. The van der Waals surface area contributed by atoms with Crippen molar-refractivity contribution >= 4 is 64.0 Å². The standard InChI is InChI=1S/C13H7Cl4N3O3/c14-7-1-6(13(21)11(4-7)20(22)23)5-18-19-12-9(16)2-8(15)3-10(12)17/h1-5,19,21H. The predicted molar refractivity (Wildman–Crippen MR) is 92.5 cm³/mol. The van der Waals surface area contributed by atoms with Gasteiger partial charge in [0.25, 0.3) is 0 Å². The predicted octanol–water partition coefficient (Wildman–Crippen LogP) is 5.36. The summed E-state index contributed by atoms with van der Waals surface area (Å²) in [6.45, 7) is 0. The number of anilines is 1. The number of benzene rings is 2. The van der Waals surface area contributed by atoms with Crippen molar-refractivity contribution in [2.75, 3.05) is 5.43 Å². The second kappa shape index (κ2) is 7.23.